The third-order valence-electron chi connectivity index (χ3n) is 5.86. The van der Waals surface area contributed by atoms with E-state index in [1.807, 2.05) is 12.1 Å². The van der Waals surface area contributed by atoms with Gasteiger partial charge in [-0.15, -0.1) is 0 Å². The molecule has 3 heteroatoms. The Morgan fingerprint density at radius 2 is 1.41 bits per heavy atom. The van der Waals surface area contributed by atoms with E-state index in [-0.39, 0.29) is 5.41 Å². The maximum atomic E-state index is 11.8. The summed E-state index contributed by atoms with van der Waals surface area (Å²) in [5, 5.41) is 14.2. The van der Waals surface area contributed by atoms with Gasteiger partial charge < -0.3 is 9.53 Å². The molecule has 0 aromatic heterocycles. The van der Waals surface area contributed by atoms with Crippen molar-refractivity contribution >= 4 is 19.4 Å². The predicted molar refractivity (Wildman–Crippen MR) is 122 cm³/mol. The van der Waals surface area contributed by atoms with E-state index < -0.39 is 14.8 Å². The number of aliphatic hydroxyl groups is 1. The van der Waals surface area contributed by atoms with Gasteiger partial charge >= 0.3 is 0 Å². The molecule has 0 spiro atoms. The normalized spacial score (nSPS) is 19.2. The molecule has 0 saturated heterocycles. The van der Waals surface area contributed by atoms with Crippen molar-refractivity contribution in [2.45, 2.75) is 51.2 Å². The second kappa shape index (κ2) is 7.90. The zero-order valence-electron chi connectivity index (χ0n) is 17.6. The van der Waals surface area contributed by atoms with E-state index in [1.54, 1.807) is 0 Å². The number of fused-ring (bicyclic) bond motifs is 1. The van der Waals surface area contributed by atoms with Crippen LogP contribution in [0.25, 0.3) is 0 Å². The highest BCUT2D eigenvalue weighted by Crippen LogP contribution is 2.41. The van der Waals surface area contributed by atoms with Crippen LogP contribution in [0.3, 0.4) is 0 Å². The minimum absolute atomic E-state index is 0.0410. The summed E-state index contributed by atoms with van der Waals surface area (Å²) in [7, 11) is -2.06. The van der Waals surface area contributed by atoms with E-state index in [4.69, 9.17) is 4.43 Å². The number of benzene rings is 3. The van der Waals surface area contributed by atoms with Crippen LogP contribution in [-0.4, -0.2) is 14.1 Å². The SMILES string of the molecule is CC(C)(C)c1cccc2c1CCC[C@@]2(O)O[SiH](c1ccccc1)c1ccccc1. The molecular weight excluding hydrogens is 372 g/mol. The Morgan fingerprint density at radius 3 is 1.97 bits per heavy atom. The molecule has 3 aromatic rings. The van der Waals surface area contributed by atoms with Crippen LogP contribution in [0.5, 0.6) is 0 Å². The molecule has 1 aliphatic rings. The molecule has 3 aromatic carbocycles. The van der Waals surface area contributed by atoms with Crippen molar-refractivity contribution in [3.05, 3.63) is 95.6 Å². The Morgan fingerprint density at radius 1 is 0.828 bits per heavy atom. The second-order valence-corrected chi connectivity index (χ2v) is 11.4. The van der Waals surface area contributed by atoms with Gasteiger partial charge in [0.15, 0.2) is 5.79 Å². The Labute approximate surface area is 175 Å². The lowest BCUT2D eigenvalue weighted by Gasteiger charge is -2.39. The van der Waals surface area contributed by atoms with Gasteiger partial charge in [0, 0.05) is 12.0 Å². The highest BCUT2D eigenvalue weighted by molar-refractivity contribution is 6.80. The van der Waals surface area contributed by atoms with E-state index in [1.165, 1.54) is 21.5 Å². The average Bonchev–Trinajstić information content (AvgIpc) is 2.73. The summed E-state index contributed by atoms with van der Waals surface area (Å²) in [6, 6.07) is 27.1. The molecule has 0 unspecified atom stereocenters. The van der Waals surface area contributed by atoms with Crippen molar-refractivity contribution < 1.29 is 9.53 Å². The van der Waals surface area contributed by atoms with Gasteiger partial charge in [-0.05, 0) is 39.8 Å². The molecule has 2 nitrogen and oxygen atoms in total. The number of rotatable bonds is 4. The van der Waals surface area contributed by atoms with E-state index in [9.17, 15) is 5.11 Å². The lowest BCUT2D eigenvalue weighted by Crippen LogP contribution is -2.51. The minimum atomic E-state index is -2.06. The van der Waals surface area contributed by atoms with Crippen molar-refractivity contribution in [1.29, 1.82) is 0 Å². The van der Waals surface area contributed by atoms with Crippen molar-refractivity contribution in [3.8, 4) is 0 Å². The summed E-state index contributed by atoms with van der Waals surface area (Å²) in [6.07, 6.45) is 2.56. The molecule has 1 atom stereocenters. The van der Waals surface area contributed by atoms with Crippen LogP contribution < -0.4 is 10.4 Å². The molecule has 0 heterocycles. The highest BCUT2D eigenvalue weighted by Gasteiger charge is 2.40. The van der Waals surface area contributed by atoms with Gasteiger partial charge in [0.1, 0.15) is 0 Å². The Bertz CT molecular complexity index is 924. The van der Waals surface area contributed by atoms with Gasteiger partial charge in [-0.2, -0.15) is 0 Å². The molecule has 0 bridgehead atoms. The van der Waals surface area contributed by atoms with Crippen LogP contribution in [0.15, 0.2) is 78.9 Å². The first-order valence-corrected chi connectivity index (χ1v) is 12.1. The monoisotopic (exact) mass is 402 g/mol. The molecule has 1 aliphatic carbocycles. The van der Waals surface area contributed by atoms with E-state index in [2.05, 4.69) is 87.5 Å². The first kappa shape index (κ1) is 20.1. The molecule has 0 fully saturated rings. The summed E-state index contributed by atoms with van der Waals surface area (Å²) in [6.45, 7) is 6.72. The summed E-state index contributed by atoms with van der Waals surface area (Å²) >= 11 is 0. The zero-order valence-corrected chi connectivity index (χ0v) is 18.7. The minimum Gasteiger partial charge on any atom is -0.381 e. The Kier molecular flexibility index (Phi) is 5.47. The van der Waals surface area contributed by atoms with Crippen molar-refractivity contribution in [1.82, 2.24) is 0 Å². The smallest absolute Gasteiger partial charge is 0.244 e. The van der Waals surface area contributed by atoms with E-state index in [0.717, 1.165) is 18.4 Å². The van der Waals surface area contributed by atoms with Gasteiger partial charge in [0.05, 0.1) is 0 Å². The molecule has 29 heavy (non-hydrogen) atoms. The molecule has 4 rings (SSSR count). The molecule has 0 aliphatic heterocycles. The number of hydrogen-bond acceptors (Lipinski definition) is 2. The molecule has 150 valence electrons. The van der Waals surface area contributed by atoms with Crippen molar-refractivity contribution in [2.75, 3.05) is 0 Å². The molecule has 0 amide bonds. The van der Waals surface area contributed by atoms with Gasteiger partial charge in [0.2, 0.25) is 9.04 Å². The van der Waals surface area contributed by atoms with E-state index in [0.29, 0.717) is 6.42 Å². The fourth-order valence-electron chi connectivity index (χ4n) is 4.47. The zero-order chi connectivity index (χ0) is 20.5. The lowest BCUT2D eigenvalue weighted by atomic mass is 9.76. The maximum absolute atomic E-state index is 11.8. The largest absolute Gasteiger partial charge is 0.381 e. The van der Waals surface area contributed by atoms with Gasteiger partial charge in [-0.1, -0.05) is 99.6 Å². The van der Waals surface area contributed by atoms with Crippen molar-refractivity contribution in [3.63, 3.8) is 0 Å². The van der Waals surface area contributed by atoms with E-state index >= 15 is 0 Å². The van der Waals surface area contributed by atoms with Crippen LogP contribution in [0.2, 0.25) is 0 Å². The molecule has 0 radical (unpaired) electrons. The fraction of sp³-hybridized carbons (Fsp3) is 0.308. The standard InChI is InChI=1S/C26H30O2Si/c1-25(2,3)23-17-10-18-24-22(23)16-11-19-26(24,27)28-29(20-12-6-4-7-13-20)21-14-8-5-9-15-21/h4-10,12-15,17-18,27,29H,11,16,19H2,1-3H3/t26-/m1/s1. The van der Waals surface area contributed by atoms with Crippen LogP contribution in [-0.2, 0) is 22.0 Å². The lowest BCUT2D eigenvalue weighted by molar-refractivity contribution is -0.158. The van der Waals surface area contributed by atoms with Crippen LogP contribution in [0.1, 0.15) is 50.3 Å². The first-order chi connectivity index (χ1) is 13.9. The fourth-order valence-corrected chi connectivity index (χ4v) is 6.90. The topological polar surface area (TPSA) is 29.5 Å². The van der Waals surface area contributed by atoms with Crippen molar-refractivity contribution in [2.24, 2.45) is 0 Å². The van der Waals surface area contributed by atoms with Gasteiger partial charge in [-0.25, -0.2) is 0 Å². The Balaban J connectivity index is 1.78. The number of hydrogen-bond donors (Lipinski definition) is 1. The average molecular weight is 403 g/mol. The van der Waals surface area contributed by atoms with Crippen LogP contribution in [0.4, 0.5) is 0 Å². The van der Waals surface area contributed by atoms with Gasteiger partial charge in [-0.3, -0.25) is 0 Å². The summed E-state index contributed by atoms with van der Waals surface area (Å²) in [5.41, 5.74) is 3.58. The molecule has 1 N–H and O–H groups in total. The quantitative estimate of drug-likeness (QED) is 0.528. The maximum Gasteiger partial charge on any atom is 0.244 e. The highest BCUT2D eigenvalue weighted by atomic mass is 28.3. The summed E-state index contributed by atoms with van der Waals surface area (Å²) < 4.78 is 6.74. The predicted octanol–water partition coefficient (Wildman–Crippen LogP) is 4.02. The summed E-state index contributed by atoms with van der Waals surface area (Å²) in [4.78, 5) is 0. The third kappa shape index (κ3) is 4.09. The molecular formula is C26H30O2Si. The van der Waals surface area contributed by atoms with Crippen LogP contribution in [0, 0.1) is 0 Å². The summed E-state index contributed by atoms with van der Waals surface area (Å²) in [5.74, 6) is -1.24. The van der Waals surface area contributed by atoms with Gasteiger partial charge in [0.25, 0.3) is 0 Å². The third-order valence-corrected chi connectivity index (χ3v) is 8.47. The molecule has 0 saturated carbocycles. The first-order valence-electron chi connectivity index (χ1n) is 10.5. The van der Waals surface area contributed by atoms with Crippen LogP contribution >= 0.6 is 0 Å². The Hall–Kier alpha value is -2.20. The second-order valence-electron chi connectivity index (χ2n) is 9.04.